The SMILES string of the molecule is COc1cccc(CNC(=O)/C(C#N)=C/C=C/c2cc(O)cc(O)c2)c1OC. The molecule has 2 rings (SSSR count). The van der Waals surface area contributed by atoms with Crippen molar-refractivity contribution in [1.29, 1.82) is 5.26 Å². The number of benzene rings is 2. The third-order valence-electron chi connectivity index (χ3n) is 3.77. The van der Waals surface area contributed by atoms with Crippen LogP contribution in [0.15, 0.2) is 54.1 Å². The first-order valence-corrected chi connectivity index (χ1v) is 8.28. The maximum absolute atomic E-state index is 12.3. The van der Waals surface area contributed by atoms with Crippen LogP contribution < -0.4 is 14.8 Å². The molecule has 0 aromatic heterocycles. The van der Waals surface area contributed by atoms with Crippen LogP contribution in [0.1, 0.15) is 11.1 Å². The number of amides is 1. The van der Waals surface area contributed by atoms with E-state index in [-0.39, 0.29) is 23.6 Å². The van der Waals surface area contributed by atoms with Crippen LogP contribution in [-0.4, -0.2) is 30.3 Å². The molecule has 7 heteroatoms. The first kappa shape index (κ1) is 20.4. The van der Waals surface area contributed by atoms with Crippen molar-refractivity contribution >= 4 is 12.0 Å². The summed E-state index contributed by atoms with van der Waals surface area (Å²) in [5, 5.41) is 30.8. The molecule has 0 fully saturated rings. The number of nitriles is 1. The second-order valence-corrected chi connectivity index (χ2v) is 5.67. The van der Waals surface area contributed by atoms with Gasteiger partial charge in [-0.3, -0.25) is 4.79 Å². The van der Waals surface area contributed by atoms with E-state index in [4.69, 9.17) is 9.47 Å². The summed E-state index contributed by atoms with van der Waals surface area (Å²) in [6.07, 6.45) is 4.38. The smallest absolute Gasteiger partial charge is 0.262 e. The van der Waals surface area contributed by atoms with Gasteiger partial charge >= 0.3 is 0 Å². The molecule has 1 amide bonds. The van der Waals surface area contributed by atoms with Gasteiger partial charge in [-0.2, -0.15) is 5.26 Å². The number of hydrogen-bond donors (Lipinski definition) is 3. The molecular formula is C21H20N2O5. The Bertz CT molecular complexity index is 938. The summed E-state index contributed by atoms with van der Waals surface area (Å²) in [6, 6.07) is 11.2. The Morgan fingerprint density at radius 1 is 1.18 bits per heavy atom. The second kappa shape index (κ2) is 9.69. The van der Waals surface area contributed by atoms with Gasteiger partial charge in [0, 0.05) is 18.2 Å². The first-order valence-electron chi connectivity index (χ1n) is 8.28. The highest BCUT2D eigenvalue weighted by atomic mass is 16.5. The molecule has 0 unspecified atom stereocenters. The molecule has 0 aliphatic carbocycles. The van der Waals surface area contributed by atoms with Gasteiger partial charge in [-0.1, -0.05) is 24.3 Å². The number of allylic oxidation sites excluding steroid dienone is 2. The molecule has 0 saturated carbocycles. The summed E-state index contributed by atoms with van der Waals surface area (Å²) in [6.45, 7) is 0.155. The monoisotopic (exact) mass is 380 g/mol. The maximum Gasteiger partial charge on any atom is 0.262 e. The molecular weight excluding hydrogens is 360 g/mol. The Balaban J connectivity index is 2.09. The van der Waals surface area contributed by atoms with Crippen molar-refractivity contribution in [3.05, 3.63) is 65.3 Å². The van der Waals surface area contributed by atoms with Crippen molar-refractivity contribution in [3.8, 4) is 29.1 Å². The van der Waals surface area contributed by atoms with Crippen LogP contribution in [0.4, 0.5) is 0 Å². The Morgan fingerprint density at radius 2 is 1.89 bits per heavy atom. The molecule has 3 N–H and O–H groups in total. The van der Waals surface area contributed by atoms with Crippen LogP contribution in [0.3, 0.4) is 0 Å². The number of hydrogen-bond acceptors (Lipinski definition) is 6. The predicted octanol–water partition coefficient (Wildman–Crippen LogP) is 2.89. The summed E-state index contributed by atoms with van der Waals surface area (Å²) in [7, 11) is 3.03. The number of ether oxygens (including phenoxy) is 2. The quantitative estimate of drug-likeness (QED) is 0.387. The Kier molecular flexibility index (Phi) is 7.06. The van der Waals surface area contributed by atoms with Gasteiger partial charge < -0.3 is 25.0 Å². The molecule has 0 spiro atoms. The summed E-state index contributed by atoms with van der Waals surface area (Å²) >= 11 is 0. The molecule has 144 valence electrons. The minimum atomic E-state index is -0.546. The van der Waals surface area contributed by atoms with E-state index >= 15 is 0 Å². The van der Waals surface area contributed by atoms with Crippen molar-refractivity contribution < 1.29 is 24.5 Å². The molecule has 0 aliphatic heterocycles. The van der Waals surface area contributed by atoms with Crippen LogP contribution in [0.2, 0.25) is 0 Å². The van der Waals surface area contributed by atoms with E-state index in [9.17, 15) is 20.3 Å². The van der Waals surface area contributed by atoms with Crippen LogP contribution in [0, 0.1) is 11.3 Å². The van der Waals surface area contributed by atoms with Gasteiger partial charge in [0.25, 0.3) is 5.91 Å². The lowest BCUT2D eigenvalue weighted by Gasteiger charge is -2.12. The van der Waals surface area contributed by atoms with Gasteiger partial charge in [0.2, 0.25) is 0 Å². The minimum Gasteiger partial charge on any atom is -0.508 e. The van der Waals surface area contributed by atoms with Crippen molar-refractivity contribution in [1.82, 2.24) is 5.32 Å². The molecule has 0 bridgehead atoms. The average Bonchev–Trinajstić information content (AvgIpc) is 2.68. The summed E-state index contributed by atoms with van der Waals surface area (Å²) in [5.74, 6) is 0.331. The van der Waals surface area contributed by atoms with Gasteiger partial charge in [-0.15, -0.1) is 0 Å². The van der Waals surface area contributed by atoms with E-state index in [0.717, 1.165) is 0 Å². The van der Waals surface area contributed by atoms with Crippen molar-refractivity contribution in [3.63, 3.8) is 0 Å². The number of aromatic hydroxyl groups is 2. The van der Waals surface area contributed by atoms with Crippen LogP contribution in [-0.2, 0) is 11.3 Å². The number of rotatable bonds is 7. The standard InChI is InChI=1S/C21H20N2O5/c1-27-19-8-4-7-16(20(19)28-2)13-23-21(26)15(12-22)6-3-5-14-9-17(24)11-18(25)10-14/h3-11,24-25H,13H2,1-2H3,(H,23,26)/b5-3+,15-6+. The van der Waals surface area contributed by atoms with E-state index in [1.165, 1.54) is 44.6 Å². The summed E-state index contributed by atoms with van der Waals surface area (Å²) in [4.78, 5) is 12.3. The van der Waals surface area contributed by atoms with Crippen LogP contribution in [0.5, 0.6) is 23.0 Å². The molecule has 0 radical (unpaired) electrons. The van der Waals surface area contributed by atoms with Crippen LogP contribution >= 0.6 is 0 Å². The summed E-state index contributed by atoms with van der Waals surface area (Å²) < 4.78 is 10.5. The highest BCUT2D eigenvalue weighted by molar-refractivity contribution is 5.97. The third-order valence-corrected chi connectivity index (χ3v) is 3.77. The number of nitrogens with zero attached hydrogens (tertiary/aromatic N) is 1. The zero-order chi connectivity index (χ0) is 20.5. The predicted molar refractivity (Wildman–Crippen MR) is 104 cm³/mol. The molecule has 2 aromatic carbocycles. The van der Waals surface area contributed by atoms with Crippen LogP contribution in [0.25, 0.3) is 6.08 Å². The van der Waals surface area contributed by atoms with E-state index in [1.807, 2.05) is 6.07 Å². The largest absolute Gasteiger partial charge is 0.508 e. The minimum absolute atomic E-state index is 0.0888. The van der Waals surface area contributed by atoms with E-state index < -0.39 is 5.91 Å². The highest BCUT2D eigenvalue weighted by Gasteiger charge is 2.12. The van der Waals surface area contributed by atoms with E-state index in [1.54, 1.807) is 24.3 Å². The van der Waals surface area contributed by atoms with Crippen molar-refractivity contribution in [2.75, 3.05) is 14.2 Å². The molecule has 2 aromatic rings. The van der Waals surface area contributed by atoms with Gasteiger partial charge in [0.1, 0.15) is 23.1 Å². The Hall–Kier alpha value is -3.92. The number of methoxy groups -OCH3 is 2. The van der Waals surface area contributed by atoms with Gasteiger partial charge in [0.15, 0.2) is 11.5 Å². The molecule has 0 saturated heterocycles. The topological polar surface area (TPSA) is 112 Å². The normalized spacial score (nSPS) is 11.1. The fourth-order valence-corrected chi connectivity index (χ4v) is 2.50. The third kappa shape index (κ3) is 5.29. The number of carbonyl (C=O) groups is 1. The molecule has 0 atom stereocenters. The average molecular weight is 380 g/mol. The van der Waals surface area contributed by atoms with E-state index in [0.29, 0.717) is 22.6 Å². The van der Waals surface area contributed by atoms with Gasteiger partial charge in [-0.25, -0.2) is 0 Å². The molecule has 0 aliphatic rings. The van der Waals surface area contributed by atoms with Gasteiger partial charge in [-0.05, 0) is 29.8 Å². The van der Waals surface area contributed by atoms with E-state index in [2.05, 4.69) is 5.32 Å². The lowest BCUT2D eigenvalue weighted by atomic mass is 10.1. The van der Waals surface area contributed by atoms with Gasteiger partial charge in [0.05, 0.1) is 14.2 Å². The van der Waals surface area contributed by atoms with Crippen molar-refractivity contribution in [2.24, 2.45) is 0 Å². The number of para-hydroxylation sites is 1. The number of carbonyl (C=O) groups excluding carboxylic acids is 1. The fraction of sp³-hybridized carbons (Fsp3) is 0.143. The number of phenolic OH excluding ortho intramolecular Hbond substituents is 2. The molecule has 7 nitrogen and oxygen atoms in total. The fourth-order valence-electron chi connectivity index (χ4n) is 2.50. The number of nitrogens with one attached hydrogen (secondary N) is 1. The maximum atomic E-state index is 12.3. The Morgan fingerprint density at radius 3 is 2.50 bits per heavy atom. The zero-order valence-corrected chi connectivity index (χ0v) is 15.5. The number of phenols is 2. The molecule has 28 heavy (non-hydrogen) atoms. The molecule has 0 heterocycles. The first-order chi connectivity index (χ1) is 13.5. The second-order valence-electron chi connectivity index (χ2n) is 5.67. The van der Waals surface area contributed by atoms with Crippen molar-refractivity contribution in [2.45, 2.75) is 6.54 Å². The highest BCUT2D eigenvalue weighted by Crippen LogP contribution is 2.30. The Labute approximate surface area is 162 Å². The summed E-state index contributed by atoms with van der Waals surface area (Å²) in [5.41, 5.74) is 1.13. The zero-order valence-electron chi connectivity index (χ0n) is 15.5. The lowest BCUT2D eigenvalue weighted by molar-refractivity contribution is -0.117. The lowest BCUT2D eigenvalue weighted by Crippen LogP contribution is -2.24.